The van der Waals surface area contributed by atoms with Crippen molar-refractivity contribution < 1.29 is 51.8 Å². The lowest BCUT2D eigenvalue weighted by molar-refractivity contribution is 0.366. The van der Waals surface area contributed by atoms with E-state index in [-0.39, 0.29) is 0 Å². The molecule has 0 N–H and O–H groups in total. The van der Waals surface area contributed by atoms with Crippen molar-refractivity contribution in [2.45, 2.75) is 0 Å². The fourth-order valence-corrected chi connectivity index (χ4v) is 1.26. The summed E-state index contributed by atoms with van der Waals surface area (Å²) in [5, 5.41) is 0. The van der Waals surface area contributed by atoms with E-state index in [1.54, 1.807) is 0 Å². The molecule has 0 nitrogen and oxygen atoms in total. The summed E-state index contributed by atoms with van der Waals surface area (Å²) in [6.07, 6.45) is 0. The smallest absolute Gasteiger partial charge is 0.418 e. The quantitative estimate of drug-likeness (QED) is 0.340. The second-order valence-electron chi connectivity index (χ2n) is 4.22. The van der Waals surface area contributed by atoms with Crippen molar-refractivity contribution in [3.05, 3.63) is 60.7 Å². The monoisotopic (exact) mass is 415 g/mol. The first-order valence-electron chi connectivity index (χ1n) is 6.69. The molecule has 0 saturated heterocycles. The number of rotatable bonds is 1. The van der Waals surface area contributed by atoms with Gasteiger partial charge < -0.3 is 51.8 Å². The lowest BCUT2D eigenvalue weighted by atomic mass is 10.1. The van der Waals surface area contributed by atoms with Gasteiger partial charge in [0.15, 0.2) is 0 Å². The van der Waals surface area contributed by atoms with Gasteiger partial charge in [-0.1, -0.05) is 60.7 Å². The van der Waals surface area contributed by atoms with Crippen LogP contribution in [0.5, 0.6) is 0 Å². The predicted molar refractivity (Wildman–Crippen MR) is 82.4 cm³/mol. The van der Waals surface area contributed by atoms with Crippen LogP contribution < -0.4 is 0 Å². The van der Waals surface area contributed by atoms with Gasteiger partial charge in [0.1, 0.15) is 0 Å². The number of hydrogen-bond acceptors (Lipinski definition) is 0. The molecule has 27 heavy (non-hydrogen) atoms. The van der Waals surface area contributed by atoms with Crippen LogP contribution in [-0.4, -0.2) is 21.8 Å². The number of hydrogen-bond donors (Lipinski definition) is 0. The van der Waals surface area contributed by atoms with Crippen molar-refractivity contribution in [1.29, 1.82) is 0 Å². The van der Waals surface area contributed by atoms with Crippen molar-refractivity contribution in [2.24, 2.45) is 0 Å². The summed E-state index contributed by atoms with van der Waals surface area (Å²) in [7, 11) is -18.0. The molecule has 2 aromatic rings. The van der Waals surface area contributed by atoms with Gasteiger partial charge in [-0.15, -0.1) is 0 Å². The van der Waals surface area contributed by atoms with E-state index < -0.39 is 21.8 Å². The van der Waals surface area contributed by atoms with Crippen LogP contribution in [0.4, 0.5) is 51.8 Å². The van der Waals surface area contributed by atoms with Gasteiger partial charge in [-0.3, -0.25) is 0 Å². The average molecular weight is 415 g/mol. The minimum absolute atomic E-state index is 1.28. The third-order valence-electron chi connectivity index (χ3n) is 1.88. The van der Waals surface area contributed by atoms with E-state index in [1.807, 2.05) is 12.1 Å². The van der Waals surface area contributed by atoms with Gasteiger partial charge in [-0.05, 0) is 11.1 Å². The SMILES string of the molecule is F[B-](F)(F)F.F[B-](F)(F)F.F[B-](F)(F)F.c1ccc(-c2ccccc2)cc1. The molecule has 0 aliphatic rings. The van der Waals surface area contributed by atoms with Gasteiger partial charge in [-0.25, -0.2) is 0 Å². The molecule has 0 unspecified atom stereocenters. The Kier molecular flexibility index (Phi) is 12.2. The molecule has 2 rings (SSSR count). The summed E-state index contributed by atoms with van der Waals surface area (Å²) >= 11 is 0. The molecule has 0 fully saturated rings. The summed E-state index contributed by atoms with van der Waals surface area (Å²) in [4.78, 5) is 0. The number of benzene rings is 2. The molecule has 2 aromatic carbocycles. The molecular weight excluding hydrogens is 405 g/mol. The van der Waals surface area contributed by atoms with Crippen LogP contribution in [0.15, 0.2) is 60.7 Å². The zero-order valence-electron chi connectivity index (χ0n) is 13.0. The van der Waals surface area contributed by atoms with Gasteiger partial charge in [-0.2, -0.15) is 0 Å². The lowest BCUT2D eigenvalue weighted by Gasteiger charge is -1.98. The van der Waals surface area contributed by atoms with Gasteiger partial charge in [0, 0.05) is 0 Å². The maximum Gasteiger partial charge on any atom is 0.673 e. The molecule has 0 saturated carbocycles. The third-order valence-corrected chi connectivity index (χ3v) is 1.88. The van der Waals surface area contributed by atoms with Gasteiger partial charge in [0.05, 0.1) is 0 Å². The van der Waals surface area contributed by atoms with E-state index in [4.69, 9.17) is 0 Å². The molecule has 0 spiro atoms. The largest absolute Gasteiger partial charge is 0.673 e. The summed E-state index contributed by atoms with van der Waals surface area (Å²) < 4.78 is 117. The Balaban J connectivity index is 0. The molecule has 0 aliphatic heterocycles. The van der Waals surface area contributed by atoms with E-state index in [0.29, 0.717) is 0 Å². The maximum atomic E-state index is 9.75. The highest BCUT2D eigenvalue weighted by atomic mass is 19.5. The van der Waals surface area contributed by atoms with Crippen LogP contribution in [0.2, 0.25) is 0 Å². The summed E-state index contributed by atoms with van der Waals surface area (Å²) in [5.74, 6) is 0. The lowest BCUT2D eigenvalue weighted by Crippen LogP contribution is -2.02. The van der Waals surface area contributed by atoms with Crippen molar-refractivity contribution >= 4 is 21.8 Å². The Bertz CT molecular complexity index is 511. The van der Waals surface area contributed by atoms with E-state index in [9.17, 15) is 51.8 Å². The van der Waals surface area contributed by atoms with Crippen LogP contribution in [0, 0.1) is 0 Å². The van der Waals surface area contributed by atoms with Gasteiger partial charge >= 0.3 is 21.8 Å². The zero-order valence-corrected chi connectivity index (χ0v) is 13.0. The van der Waals surface area contributed by atoms with E-state index in [2.05, 4.69) is 48.5 Å². The Labute approximate surface area is 146 Å². The molecule has 0 aliphatic carbocycles. The van der Waals surface area contributed by atoms with Crippen molar-refractivity contribution in [3.8, 4) is 11.1 Å². The second kappa shape index (κ2) is 12.2. The zero-order chi connectivity index (χ0) is 21.7. The Morgan fingerprint density at radius 1 is 0.333 bits per heavy atom. The standard InChI is InChI=1S/C12H10.3BF4/c1-3-7-11(8-4-1)12-9-5-2-6-10-12;3*2-1(3,4)5/h1-10H;;;/q;3*-1. The molecule has 0 atom stereocenters. The van der Waals surface area contributed by atoms with E-state index in [0.717, 1.165) is 0 Å². The average Bonchev–Trinajstić information content (AvgIpc) is 2.44. The molecule has 0 amide bonds. The molecule has 0 bridgehead atoms. The maximum absolute atomic E-state index is 9.75. The summed E-state index contributed by atoms with van der Waals surface area (Å²) in [6.45, 7) is 0. The summed E-state index contributed by atoms with van der Waals surface area (Å²) in [6, 6.07) is 20.8. The summed E-state index contributed by atoms with van der Waals surface area (Å²) in [5.41, 5.74) is 2.55. The van der Waals surface area contributed by atoms with Crippen LogP contribution in [-0.2, 0) is 0 Å². The molecule has 0 aromatic heterocycles. The first kappa shape index (κ1) is 27.0. The van der Waals surface area contributed by atoms with E-state index >= 15 is 0 Å². The third kappa shape index (κ3) is 35.7. The first-order valence-corrected chi connectivity index (χ1v) is 6.69. The topological polar surface area (TPSA) is 0 Å². The Morgan fingerprint density at radius 3 is 0.630 bits per heavy atom. The highest BCUT2D eigenvalue weighted by molar-refractivity contribution is 6.50. The first-order chi connectivity index (χ1) is 12.0. The highest BCUT2D eigenvalue weighted by Crippen LogP contribution is 2.17. The number of halogens is 12. The van der Waals surface area contributed by atoms with Crippen molar-refractivity contribution in [3.63, 3.8) is 0 Å². The minimum Gasteiger partial charge on any atom is -0.418 e. The van der Waals surface area contributed by atoms with E-state index in [1.165, 1.54) is 11.1 Å². The normalized spacial score (nSPS) is 11.0. The fourth-order valence-electron chi connectivity index (χ4n) is 1.26. The molecule has 154 valence electrons. The molecule has 0 heterocycles. The fraction of sp³-hybridized carbons (Fsp3) is 0. The Morgan fingerprint density at radius 2 is 0.481 bits per heavy atom. The highest BCUT2D eigenvalue weighted by Gasteiger charge is 2.21. The second-order valence-corrected chi connectivity index (χ2v) is 4.22. The molecule has 15 heteroatoms. The van der Waals surface area contributed by atoms with Gasteiger partial charge in [0.2, 0.25) is 0 Å². The van der Waals surface area contributed by atoms with Crippen LogP contribution in [0.25, 0.3) is 11.1 Å². The van der Waals surface area contributed by atoms with Crippen LogP contribution in [0.3, 0.4) is 0 Å². The van der Waals surface area contributed by atoms with Gasteiger partial charge in [0.25, 0.3) is 0 Å². The van der Waals surface area contributed by atoms with Crippen LogP contribution in [0.1, 0.15) is 0 Å². The molecule has 0 radical (unpaired) electrons. The van der Waals surface area contributed by atoms with Crippen molar-refractivity contribution in [2.75, 3.05) is 0 Å². The Hall–Kier alpha value is -2.21. The molecular formula is C12H10B3F12-3. The van der Waals surface area contributed by atoms with Crippen LogP contribution >= 0.6 is 0 Å². The predicted octanol–water partition coefficient (Wildman–Crippen LogP) is 7.25. The van der Waals surface area contributed by atoms with Crippen molar-refractivity contribution in [1.82, 2.24) is 0 Å². The minimum atomic E-state index is -6.00.